The minimum Gasteiger partial charge on any atom is -0.378 e. The lowest BCUT2D eigenvalue weighted by atomic mass is 10.1. The highest BCUT2D eigenvalue weighted by Crippen LogP contribution is 2.17. The second-order valence-corrected chi connectivity index (χ2v) is 3.58. The molecule has 0 saturated heterocycles. The Hall–Kier alpha value is -1.32. The van der Waals surface area contributed by atoms with E-state index in [2.05, 4.69) is 5.32 Å². The van der Waals surface area contributed by atoms with E-state index in [4.69, 9.17) is 0 Å². The number of nitrogens with one attached hydrogen (secondary N) is 1. The smallest absolute Gasteiger partial charge is 0.253 e. The predicted octanol–water partition coefficient (Wildman–Crippen LogP) is 0.415. The second-order valence-electron chi connectivity index (χ2n) is 3.58. The van der Waals surface area contributed by atoms with E-state index in [0.29, 0.717) is 11.4 Å². The van der Waals surface area contributed by atoms with Crippen LogP contribution in [0.2, 0.25) is 0 Å². The van der Waals surface area contributed by atoms with Gasteiger partial charge in [-0.05, 0) is 13.8 Å². The highest BCUT2D eigenvalue weighted by Gasteiger charge is 2.22. The second kappa shape index (κ2) is 3.20. The van der Waals surface area contributed by atoms with Crippen molar-refractivity contribution in [3.8, 4) is 0 Å². The Morgan fingerprint density at radius 1 is 1.23 bits per heavy atom. The van der Waals surface area contributed by atoms with Gasteiger partial charge in [0.2, 0.25) is 0 Å². The first-order chi connectivity index (χ1) is 5.95. The summed E-state index contributed by atoms with van der Waals surface area (Å²) in [5, 5.41) is 2.96. The number of rotatable bonds is 3. The first-order valence-electron chi connectivity index (χ1n) is 4.22. The van der Waals surface area contributed by atoms with Crippen molar-refractivity contribution in [2.24, 2.45) is 0 Å². The molecule has 1 aromatic carbocycles. The molecule has 0 heterocycles. The van der Waals surface area contributed by atoms with Gasteiger partial charge in [0.1, 0.15) is 11.4 Å². The molecule has 0 aliphatic heterocycles. The SMILES string of the molecule is CC(C)Nc1c(N(C)C)c(=O)c1=O.[HH]. The maximum Gasteiger partial charge on any atom is 0.253 e. The normalized spacial score (nSPS) is 10.8. The molecule has 0 saturated carbocycles. The molecule has 1 aromatic rings. The van der Waals surface area contributed by atoms with Crippen molar-refractivity contribution in [3.05, 3.63) is 20.4 Å². The van der Waals surface area contributed by atoms with Gasteiger partial charge in [0.25, 0.3) is 10.9 Å². The van der Waals surface area contributed by atoms with Crippen LogP contribution in [-0.2, 0) is 0 Å². The van der Waals surface area contributed by atoms with Crippen molar-refractivity contribution < 1.29 is 1.43 Å². The fourth-order valence-electron chi connectivity index (χ4n) is 1.23. The molecule has 0 amide bonds. The van der Waals surface area contributed by atoms with Crippen molar-refractivity contribution in [2.45, 2.75) is 19.9 Å². The number of hydrogen-bond acceptors (Lipinski definition) is 4. The molecule has 0 unspecified atom stereocenters. The molecule has 74 valence electrons. The maximum atomic E-state index is 11.1. The minimum atomic E-state index is -0.405. The Kier molecular flexibility index (Phi) is 2.40. The van der Waals surface area contributed by atoms with Gasteiger partial charge in [-0.25, -0.2) is 0 Å². The summed E-state index contributed by atoms with van der Waals surface area (Å²) in [7, 11) is 3.50. The molecular formula is C9H16N2O2. The summed E-state index contributed by atoms with van der Waals surface area (Å²) < 4.78 is 0. The molecule has 0 aromatic heterocycles. The zero-order valence-corrected chi connectivity index (χ0v) is 8.34. The van der Waals surface area contributed by atoms with Gasteiger partial charge < -0.3 is 10.2 Å². The van der Waals surface area contributed by atoms with Crippen LogP contribution in [0.1, 0.15) is 15.3 Å². The Morgan fingerprint density at radius 3 is 2.15 bits per heavy atom. The van der Waals surface area contributed by atoms with Crippen LogP contribution in [0.15, 0.2) is 9.59 Å². The highest BCUT2D eigenvalue weighted by molar-refractivity contribution is 5.74. The summed E-state index contributed by atoms with van der Waals surface area (Å²) in [5.74, 6) is 0. The van der Waals surface area contributed by atoms with Gasteiger partial charge in [0, 0.05) is 21.6 Å². The predicted molar refractivity (Wildman–Crippen MR) is 56.6 cm³/mol. The van der Waals surface area contributed by atoms with Gasteiger partial charge >= 0.3 is 0 Å². The number of nitrogens with zero attached hydrogens (tertiary/aromatic N) is 1. The van der Waals surface area contributed by atoms with Gasteiger partial charge in [-0.1, -0.05) is 0 Å². The van der Waals surface area contributed by atoms with E-state index in [9.17, 15) is 9.59 Å². The Morgan fingerprint density at radius 2 is 1.77 bits per heavy atom. The molecule has 4 nitrogen and oxygen atoms in total. The lowest BCUT2D eigenvalue weighted by molar-refractivity contribution is 0.890. The molecule has 1 rings (SSSR count). The lowest BCUT2D eigenvalue weighted by Gasteiger charge is -2.20. The third-order valence-corrected chi connectivity index (χ3v) is 1.77. The summed E-state index contributed by atoms with van der Waals surface area (Å²) >= 11 is 0. The number of hydrogen-bond donors (Lipinski definition) is 1. The van der Waals surface area contributed by atoms with Gasteiger partial charge in [-0.15, -0.1) is 0 Å². The van der Waals surface area contributed by atoms with Crippen LogP contribution in [0, 0.1) is 0 Å². The summed E-state index contributed by atoms with van der Waals surface area (Å²) in [6, 6.07) is 0.169. The van der Waals surface area contributed by atoms with Crippen LogP contribution >= 0.6 is 0 Å². The maximum absolute atomic E-state index is 11.1. The minimum absolute atomic E-state index is 0. The monoisotopic (exact) mass is 184 g/mol. The molecule has 0 atom stereocenters. The van der Waals surface area contributed by atoms with Crippen LogP contribution in [0.4, 0.5) is 11.4 Å². The summed E-state index contributed by atoms with van der Waals surface area (Å²) in [4.78, 5) is 23.9. The zero-order valence-electron chi connectivity index (χ0n) is 8.34. The number of anilines is 2. The molecule has 13 heavy (non-hydrogen) atoms. The van der Waals surface area contributed by atoms with E-state index < -0.39 is 10.9 Å². The van der Waals surface area contributed by atoms with E-state index in [1.165, 1.54) is 0 Å². The fraction of sp³-hybridized carbons (Fsp3) is 0.556. The third-order valence-electron chi connectivity index (χ3n) is 1.77. The van der Waals surface area contributed by atoms with Crippen molar-refractivity contribution in [1.82, 2.24) is 0 Å². The lowest BCUT2D eigenvalue weighted by Crippen LogP contribution is -2.41. The summed E-state index contributed by atoms with van der Waals surface area (Å²) in [6.45, 7) is 3.85. The quantitative estimate of drug-likeness (QED) is 0.691. The Bertz CT molecular complexity index is 378. The molecule has 1 N–H and O–H groups in total. The zero-order chi connectivity index (χ0) is 10.2. The molecule has 0 aliphatic carbocycles. The Labute approximate surface area is 78.4 Å². The van der Waals surface area contributed by atoms with Gasteiger partial charge in [0.15, 0.2) is 0 Å². The van der Waals surface area contributed by atoms with Crippen molar-refractivity contribution >= 4 is 11.4 Å². The highest BCUT2D eigenvalue weighted by atomic mass is 16.2. The molecule has 0 bridgehead atoms. The van der Waals surface area contributed by atoms with E-state index in [0.717, 1.165) is 0 Å². The van der Waals surface area contributed by atoms with Crippen LogP contribution in [0.3, 0.4) is 0 Å². The van der Waals surface area contributed by atoms with Crippen LogP contribution in [-0.4, -0.2) is 20.1 Å². The first-order valence-corrected chi connectivity index (χ1v) is 4.22. The largest absolute Gasteiger partial charge is 0.378 e. The average Bonchev–Trinajstić information content (AvgIpc) is 2.01. The third kappa shape index (κ3) is 1.56. The topological polar surface area (TPSA) is 49.4 Å². The molecule has 4 heteroatoms. The van der Waals surface area contributed by atoms with Crippen molar-refractivity contribution in [1.29, 1.82) is 0 Å². The van der Waals surface area contributed by atoms with E-state index in [-0.39, 0.29) is 7.47 Å². The molecule has 0 aliphatic rings. The fourth-order valence-corrected chi connectivity index (χ4v) is 1.23. The standard InChI is InChI=1S/C9H14N2O2.H2/c1-5(2)10-6-7(11(3)4)9(13)8(6)12;/h5,10H,1-4H3;1H. The van der Waals surface area contributed by atoms with E-state index in [1.807, 2.05) is 13.8 Å². The molecule has 0 fully saturated rings. The summed E-state index contributed by atoms with van der Waals surface area (Å²) in [6.07, 6.45) is 0. The first kappa shape index (κ1) is 9.77. The van der Waals surface area contributed by atoms with Gasteiger partial charge in [-0.3, -0.25) is 9.59 Å². The summed E-state index contributed by atoms with van der Waals surface area (Å²) in [5.41, 5.74) is 0.134. The molecule has 0 radical (unpaired) electrons. The van der Waals surface area contributed by atoms with Gasteiger partial charge in [-0.2, -0.15) is 0 Å². The van der Waals surface area contributed by atoms with Crippen LogP contribution < -0.4 is 21.1 Å². The van der Waals surface area contributed by atoms with Crippen LogP contribution in [0.5, 0.6) is 0 Å². The molecule has 0 spiro atoms. The Balaban J connectivity index is 0.00000169. The van der Waals surface area contributed by atoms with Crippen LogP contribution in [0.25, 0.3) is 0 Å². The van der Waals surface area contributed by atoms with Gasteiger partial charge in [0.05, 0.1) is 0 Å². The van der Waals surface area contributed by atoms with Crippen molar-refractivity contribution in [2.75, 3.05) is 24.3 Å². The van der Waals surface area contributed by atoms with E-state index in [1.54, 1.807) is 19.0 Å². The van der Waals surface area contributed by atoms with Crippen molar-refractivity contribution in [3.63, 3.8) is 0 Å². The van der Waals surface area contributed by atoms with E-state index >= 15 is 0 Å². The average molecular weight is 184 g/mol. The molecular weight excluding hydrogens is 168 g/mol.